The molecule has 2 aromatic carbocycles. The van der Waals surface area contributed by atoms with E-state index in [9.17, 15) is 0 Å². The van der Waals surface area contributed by atoms with Crippen LogP contribution in [0.3, 0.4) is 0 Å². The van der Waals surface area contributed by atoms with Gasteiger partial charge >= 0.3 is 0 Å². The molecule has 1 nitrogen and oxygen atoms in total. The summed E-state index contributed by atoms with van der Waals surface area (Å²) >= 11 is 0. The number of nitrogens with one attached hydrogen (secondary N) is 1. The van der Waals surface area contributed by atoms with E-state index in [-0.39, 0.29) is 6.04 Å². The molecular formula is C25H31N. The first kappa shape index (κ1) is 18.5. The SMILES string of the molecule is CC1=CC(C)C(c2ccccc2C(C)Nc2c(C)cc(C)cc2C)=C1C. The van der Waals surface area contributed by atoms with Gasteiger partial charge in [-0.2, -0.15) is 0 Å². The van der Waals surface area contributed by atoms with Crippen LogP contribution < -0.4 is 5.32 Å². The van der Waals surface area contributed by atoms with Crippen LogP contribution in [0.4, 0.5) is 5.69 Å². The van der Waals surface area contributed by atoms with Crippen LogP contribution in [0.25, 0.3) is 5.57 Å². The van der Waals surface area contributed by atoms with Gasteiger partial charge in [-0.1, -0.05) is 60.5 Å². The van der Waals surface area contributed by atoms with Crippen LogP contribution in [-0.2, 0) is 0 Å². The zero-order valence-corrected chi connectivity index (χ0v) is 17.2. The van der Waals surface area contributed by atoms with Crippen molar-refractivity contribution in [3.05, 3.63) is 81.4 Å². The molecule has 2 unspecified atom stereocenters. The van der Waals surface area contributed by atoms with Crippen molar-refractivity contribution in [1.29, 1.82) is 0 Å². The van der Waals surface area contributed by atoms with Crippen molar-refractivity contribution in [3.8, 4) is 0 Å². The van der Waals surface area contributed by atoms with E-state index in [2.05, 4.69) is 96.3 Å². The number of anilines is 1. The molecule has 0 aliphatic heterocycles. The second-order valence-corrected chi connectivity index (χ2v) is 7.90. The molecule has 1 aliphatic carbocycles. The Balaban J connectivity index is 1.99. The molecule has 1 N–H and O–H groups in total. The lowest BCUT2D eigenvalue weighted by molar-refractivity contribution is 0.868. The Bertz CT molecular complexity index is 875. The lowest BCUT2D eigenvalue weighted by atomic mass is 9.88. The molecule has 0 aromatic heterocycles. The van der Waals surface area contributed by atoms with Crippen LogP contribution in [0.15, 0.2) is 53.6 Å². The Morgan fingerprint density at radius 3 is 2.12 bits per heavy atom. The number of rotatable bonds is 4. The standard InChI is InChI=1S/C25H31N/c1-15-12-18(4)25(19(5)13-15)26-21(7)22-10-8-9-11-23(22)24-17(3)14-16(2)20(24)6/h8-14,17,21,26H,1-7H3. The maximum Gasteiger partial charge on any atom is 0.0491 e. The molecule has 3 rings (SSSR count). The first-order chi connectivity index (χ1) is 12.3. The number of benzene rings is 2. The average Bonchev–Trinajstić information content (AvgIpc) is 2.83. The number of hydrogen-bond acceptors (Lipinski definition) is 1. The molecule has 0 amide bonds. The van der Waals surface area contributed by atoms with Crippen molar-refractivity contribution < 1.29 is 0 Å². The molecule has 136 valence electrons. The molecule has 1 aliphatic rings. The van der Waals surface area contributed by atoms with Gasteiger partial charge in [0.1, 0.15) is 0 Å². The zero-order valence-electron chi connectivity index (χ0n) is 17.2. The van der Waals surface area contributed by atoms with Gasteiger partial charge in [-0.05, 0) is 74.9 Å². The van der Waals surface area contributed by atoms with Crippen LogP contribution in [0.2, 0.25) is 0 Å². The predicted molar refractivity (Wildman–Crippen MR) is 115 cm³/mol. The van der Waals surface area contributed by atoms with Gasteiger partial charge in [-0.15, -0.1) is 0 Å². The summed E-state index contributed by atoms with van der Waals surface area (Å²) in [4.78, 5) is 0. The number of aryl methyl sites for hydroxylation is 3. The monoisotopic (exact) mass is 345 g/mol. The normalized spacial score (nSPS) is 18.1. The summed E-state index contributed by atoms with van der Waals surface area (Å²) in [5.74, 6) is 0.478. The summed E-state index contributed by atoms with van der Waals surface area (Å²) in [5.41, 5.74) is 12.3. The van der Waals surface area contributed by atoms with Crippen LogP contribution in [0.5, 0.6) is 0 Å². The molecule has 0 saturated heterocycles. The quantitative estimate of drug-likeness (QED) is 0.620. The largest absolute Gasteiger partial charge is 0.378 e. The van der Waals surface area contributed by atoms with Crippen LogP contribution >= 0.6 is 0 Å². The van der Waals surface area contributed by atoms with Gasteiger partial charge in [-0.25, -0.2) is 0 Å². The van der Waals surface area contributed by atoms with E-state index >= 15 is 0 Å². The molecule has 0 bridgehead atoms. The van der Waals surface area contributed by atoms with Gasteiger partial charge in [0.2, 0.25) is 0 Å². The third kappa shape index (κ3) is 3.35. The second-order valence-electron chi connectivity index (χ2n) is 7.90. The van der Waals surface area contributed by atoms with E-state index in [0.717, 1.165) is 0 Å². The first-order valence-electron chi connectivity index (χ1n) is 9.62. The fourth-order valence-corrected chi connectivity index (χ4v) is 4.41. The maximum atomic E-state index is 3.79. The van der Waals surface area contributed by atoms with Crippen molar-refractivity contribution in [2.75, 3.05) is 5.32 Å². The van der Waals surface area contributed by atoms with Crippen molar-refractivity contribution in [3.63, 3.8) is 0 Å². The van der Waals surface area contributed by atoms with Gasteiger partial charge in [0.25, 0.3) is 0 Å². The average molecular weight is 346 g/mol. The van der Waals surface area contributed by atoms with Gasteiger partial charge in [0.05, 0.1) is 0 Å². The van der Waals surface area contributed by atoms with Gasteiger partial charge in [-0.3, -0.25) is 0 Å². The van der Waals surface area contributed by atoms with E-state index in [1.165, 1.54) is 50.2 Å². The van der Waals surface area contributed by atoms with Crippen molar-refractivity contribution >= 4 is 11.3 Å². The molecule has 1 heteroatoms. The fraction of sp³-hybridized carbons (Fsp3) is 0.360. The van der Waals surface area contributed by atoms with Gasteiger partial charge in [0, 0.05) is 17.6 Å². The zero-order chi connectivity index (χ0) is 19.0. The maximum absolute atomic E-state index is 3.79. The lowest BCUT2D eigenvalue weighted by Crippen LogP contribution is -2.12. The third-order valence-electron chi connectivity index (χ3n) is 5.71. The highest BCUT2D eigenvalue weighted by Crippen LogP contribution is 2.40. The second kappa shape index (κ2) is 7.15. The smallest absolute Gasteiger partial charge is 0.0491 e. The molecule has 0 saturated carbocycles. The third-order valence-corrected chi connectivity index (χ3v) is 5.71. The van der Waals surface area contributed by atoms with Crippen LogP contribution in [-0.4, -0.2) is 0 Å². The summed E-state index contributed by atoms with van der Waals surface area (Å²) in [6, 6.07) is 13.6. The van der Waals surface area contributed by atoms with E-state index in [0.29, 0.717) is 5.92 Å². The Hall–Kier alpha value is -2.28. The molecule has 0 fully saturated rings. The summed E-state index contributed by atoms with van der Waals surface area (Å²) in [7, 11) is 0. The van der Waals surface area contributed by atoms with Crippen LogP contribution in [0, 0.1) is 26.7 Å². The molecular weight excluding hydrogens is 314 g/mol. The minimum Gasteiger partial charge on any atom is -0.378 e. The van der Waals surface area contributed by atoms with Crippen LogP contribution in [0.1, 0.15) is 61.6 Å². The van der Waals surface area contributed by atoms with Gasteiger partial charge in [0.15, 0.2) is 0 Å². The molecule has 26 heavy (non-hydrogen) atoms. The van der Waals surface area contributed by atoms with E-state index < -0.39 is 0 Å². The fourth-order valence-electron chi connectivity index (χ4n) is 4.41. The summed E-state index contributed by atoms with van der Waals surface area (Å²) in [6.45, 7) is 15.6. The van der Waals surface area contributed by atoms with E-state index in [1.54, 1.807) is 0 Å². The summed E-state index contributed by atoms with van der Waals surface area (Å²) in [5, 5.41) is 3.79. The topological polar surface area (TPSA) is 12.0 Å². The molecule has 0 spiro atoms. The van der Waals surface area contributed by atoms with Crippen molar-refractivity contribution in [1.82, 2.24) is 0 Å². The molecule has 0 heterocycles. The lowest BCUT2D eigenvalue weighted by Gasteiger charge is -2.24. The Kier molecular flexibility index (Phi) is 5.09. The van der Waals surface area contributed by atoms with E-state index in [4.69, 9.17) is 0 Å². The van der Waals surface area contributed by atoms with E-state index in [1.807, 2.05) is 0 Å². The Morgan fingerprint density at radius 1 is 0.923 bits per heavy atom. The summed E-state index contributed by atoms with van der Waals surface area (Å²) < 4.78 is 0. The highest BCUT2D eigenvalue weighted by atomic mass is 14.9. The summed E-state index contributed by atoms with van der Waals surface area (Å²) in [6.07, 6.45) is 2.38. The first-order valence-corrected chi connectivity index (χ1v) is 9.62. The minimum atomic E-state index is 0.250. The number of allylic oxidation sites excluding steroid dienone is 4. The molecule has 2 aromatic rings. The number of hydrogen-bond donors (Lipinski definition) is 1. The van der Waals surface area contributed by atoms with Crippen molar-refractivity contribution in [2.45, 2.75) is 54.5 Å². The Labute approximate surface area is 158 Å². The van der Waals surface area contributed by atoms with Crippen molar-refractivity contribution in [2.24, 2.45) is 5.92 Å². The molecule has 2 atom stereocenters. The molecule has 0 radical (unpaired) electrons. The highest BCUT2D eigenvalue weighted by Gasteiger charge is 2.23. The minimum absolute atomic E-state index is 0.250. The van der Waals surface area contributed by atoms with Gasteiger partial charge < -0.3 is 5.32 Å². The Morgan fingerprint density at radius 2 is 1.54 bits per heavy atom. The predicted octanol–water partition coefficient (Wildman–Crippen LogP) is 7.15. The highest BCUT2D eigenvalue weighted by molar-refractivity contribution is 5.80.